The van der Waals surface area contributed by atoms with Gasteiger partial charge in [-0.05, 0) is 29.9 Å². The smallest absolute Gasteiger partial charge is 0.0594 e. The molecule has 1 aromatic carbocycles. The van der Waals surface area contributed by atoms with E-state index < -0.39 is 0 Å². The van der Waals surface area contributed by atoms with Crippen LogP contribution in [0.3, 0.4) is 0 Å². The van der Waals surface area contributed by atoms with Crippen molar-refractivity contribution >= 4 is 10.0 Å². The Morgan fingerprint density at radius 1 is 1.24 bits per heavy atom. The summed E-state index contributed by atoms with van der Waals surface area (Å²) >= 11 is 0. The second kappa shape index (κ2) is 8.73. The molecule has 2 rings (SSSR count). The molecule has 21 heavy (non-hydrogen) atoms. The number of hydrogen-bond donors (Lipinski definition) is 0. The number of benzene rings is 1. The molecule has 1 aliphatic heterocycles. The van der Waals surface area contributed by atoms with Crippen LogP contribution in [0.4, 0.5) is 0 Å². The summed E-state index contributed by atoms with van der Waals surface area (Å²) in [7, 11) is -0.301. The molecule has 0 unspecified atom stereocenters. The van der Waals surface area contributed by atoms with Crippen molar-refractivity contribution in [3.05, 3.63) is 35.4 Å². The number of rotatable bonds is 2. The fraction of sp³-hybridized carbons (Fsp3) is 0.556. The van der Waals surface area contributed by atoms with Crippen molar-refractivity contribution in [3.8, 4) is 11.8 Å². The Hall–Kier alpha value is 0.194. The van der Waals surface area contributed by atoms with Gasteiger partial charge in [0.2, 0.25) is 0 Å². The second-order valence-corrected chi connectivity index (χ2v) is 10.8. The molecular weight excluding hydrogens is 351 g/mol. The van der Waals surface area contributed by atoms with E-state index >= 15 is 0 Å². The van der Waals surface area contributed by atoms with Crippen LogP contribution < -0.4 is 0 Å². The van der Waals surface area contributed by atoms with Crippen molar-refractivity contribution in [3.63, 3.8) is 0 Å². The van der Waals surface area contributed by atoms with Gasteiger partial charge in [0.1, 0.15) is 0 Å². The SMILES string of the molecule is CC(C)c1[c-]cc(C#CCN2CCS(C)(C)CC2)cc1.[Y]. The van der Waals surface area contributed by atoms with Gasteiger partial charge < -0.3 is 0 Å². The zero-order valence-electron chi connectivity index (χ0n) is 13.8. The summed E-state index contributed by atoms with van der Waals surface area (Å²) in [6.45, 7) is 7.72. The molecule has 0 saturated carbocycles. The third-order valence-electron chi connectivity index (χ3n) is 3.91. The zero-order valence-corrected chi connectivity index (χ0v) is 17.4. The Morgan fingerprint density at radius 3 is 2.43 bits per heavy atom. The van der Waals surface area contributed by atoms with Crippen molar-refractivity contribution in [2.75, 3.05) is 43.7 Å². The number of hydrogen-bond acceptors (Lipinski definition) is 1. The first-order chi connectivity index (χ1) is 9.46. The van der Waals surface area contributed by atoms with Gasteiger partial charge in [-0.3, -0.25) is 4.90 Å². The summed E-state index contributed by atoms with van der Waals surface area (Å²) in [6.07, 6.45) is 4.89. The largest absolute Gasteiger partial charge is 0.291 e. The topological polar surface area (TPSA) is 3.24 Å². The van der Waals surface area contributed by atoms with Gasteiger partial charge in [-0.2, -0.15) is 29.8 Å². The minimum Gasteiger partial charge on any atom is -0.291 e. The molecule has 0 amide bonds. The van der Waals surface area contributed by atoms with Crippen molar-refractivity contribution in [1.82, 2.24) is 4.90 Å². The minimum atomic E-state index is -0.301. The van der Waals surface area contributed by atoms with E-state index in [0.29, 0.717) is 5.92 Å². The van der Waals surface area contributed by atoms with E-state index in [-0.39, 0.29) is 42.7 Å². The quantitative estimate of drug-likeness (QED) is 0.565. The molecule has 1 aliphatic rings. The maximum atomic E-state index is 3.32. The molecule has 1 radical (unpaired) electrons. The molecule has 1 heterocycles. The Bertz CT molecular complexity index is 486. The van der Waals surface area contributed by atoms with Crippen LogP contribution in [0, 0.1) is 17.9 Å². The van der Waals surface area contributed by atoms with E-state index in [9.17, 15) is 0 Å². The molecule has 1 saturated heterocycles. The summed E-state index contributed by atoms with van der Waals surface area (Å²) in [5.41, 5.74) is 2.34. The average Bonchev–Trinajstić information content (AvgIpc) is 2.41. The third kappa shape index (κ3) is 6.45. The molecule has 0 aliphatic carbocycles. The fourth-order valence-electron chi connectivity index (χ4n) is 2.25. The Morgan fingerprint density at radius 2 is 1.90 bits per heavy atom. The van der Waals surface area contributed by atoms with Crippen molar-refractivity contribution in [2.24, 2.45) is 0 Å². The predicted molar refractivity (Wildman–Crippen MR) is 91.9 cm³/mol. The Kier molecular flexibility index (Phi) is 8.00. The van der Waals surface area contributed by atoms with Gasteiger partial charge >= 0.3 is 0 Å². The molecule has 0 bridgehead atoms. The molecule has 0 spiro atoms. The maximum absolute atomic E-state index is 3.32. The van der Waals surface area contributed by atoms with Crippen molar-refractivity contribution in [1.29, 1.82) is 0 Å². The molecule has 1 aromatic rings. The van der Waals surface area contributed by atoms with Crippen LogP contribution >= 0.6 is 10.0 Å². The normalized spacial score (nSPS) is 19.3. The molecule has 1 fully saturated rings. The molecular formula is C18H26NSY-. The van der Waals surface area contributed by atoms with Gasteiger partial charge in [-0.1, -0.05) is 25.3 Å². The molecule has 113 valence electrons. The monoisotopic (exact) mass is 377 g/mol. The summed E-state index contributed by atoms with van der Waals surface area (Å²) in [6, 6.07) is 9.60. The minimum absolute atomic E-state index is 0. The zero-order chi connectivity index (χ0) is 14.6. The summed E-state index contributed by atoms with van der Waals surface area (Å²) < 4.78 is 0. The fourth-order valence-corrected chi connectivity index (χ4v) is 3.96. The van der Waals surface area contributed by atoms with E-state index in [4.69, 9.17) is 0 Å². The third-order valence-corrected chi connectivity index (χ3v) is 6.49. The molecule has 1 nitrogen and oxygen atoms in total. The second-order valence-electron chi connectivity index (χ2n) is 6.44. The van der Waals surface area contributed by atoms with Gasteiger partial charge in [0.15, 0.2) is 0 Å². The molecule has 0 atom stereocenters. The first kappa shape index (κ1) is 19.2. The van der Waals surface area contributed by atoms with E-state index in [0.717, 1.165) is 12.1 Å². The van der Waals surface area contributed by atoms with E-state index in [1.165, 1.54) is 30.2 Å². The molecule has 0 N–H and O–H groups in total. The van der Waals surface area contributed by atoms with E-state index in [1.54, 1.807) is 0 Å². The van der Waals surface area contributed by atoms with Crippen molar-refractivity contribution < 1.29 is 32.7 Å². The first-order valence-corrected chi connectivity index (χ1v) is 10.2. The van der Waals surface area contributed by atoms with Gasteiger partial charge in [-0.25, -0.2) is 10.0 Å². The molecule has 3 heteroatoms. The first-order valence-electron chi connectivity index (χ1n) is 7.38. The van der Waals surface area contributed by atoms with Crippen LogP contribution in [-0.4, -0.2) is 48.6 Å². The van der Waals surface area contributed by atoms with Crippen LogP contribution in [0.2, 0.25) is 0 Å². The average molecular weight is 377 g/mol. The summed E-state index contributed by atoms with van der Waals surface area (Å²) in [5.74, 6) is 9.85. The summed E-state index contributed by atoms with van der Waals surface area (Å²) in [5, 5.41) is 0. The van der Waals surface area contributed by atoms with Crippen LogP contribution in [0.5, 0.6) is 0 Å². The van der Waals surface area contributed by atoms with Gasteiger partial charge in [-0.15, -0.1) is 5.92 Å². The summed E-state index contributed by atoms with van der Waals surface area (Å²) in [4.78, 5) is 2.48. The van der Waals surface area contributed by atoms with Gasteiger partial charge in [0.25, 0.3) is 0 Å². The van der Waals surface area contributed by atoms with Crippen LogP contribution in [0.1, 0.15) is 30.9 Å². The standard InChI is InChI=1S/C18H26NS.Y/c1-16(2)18-9-7-17(8-10-18)6-5-11-19-12-14-20(3,4)15-13-19;/h7-9,16H,11-15H2,1-4H3;/q-1;. The van der Waals surface area contributed by atoms with Gasteiger partial charge in [0, 0.05) is 45.8 Å². The Balaban J connectivity index is 0.00000220. The van der Waals surface area contributed by atoms with Crippen LogP contribution in [0.25, 0.3) is 0 Å². The van der Waals surface area contributed by atoms with Crippen LogP contribution in [-0.2, 0) is 32.7 Å². The maximum Gasteiger partial charge on any atom is 0.0594 e. The van der Waals surface area contributed by atoms with Gasteiger partial charge in [0.05, 0.1) is 6.54 Å². The van der Waals surface area contributed by atoms with Crippen molar-refractivity contribution in [2.45, 2.75) is 19.8 Å². The van der Waals surface area contributed by atoms with E-state index in [1.807, 2.05) is 6.07 Å². The van der Waals surface area contributed by atoms with Crippen LogP contribution in [0.15, 0.2) is 18.2 Å². The number of nitrogens with zero attached hydrogens (tertiary/aromatic N) is 1. The van der Waals surface area contributed by atoms with E-state index in [2.05, 4.69) is 61.3 Å². The Labute approximate surface area is 157 Å². The predicted octanol–water partition coefficient (Wildman–Crippen LogP) is 3.34. The molecule has 0 aromatic heterocycles.